The number of ether oxygens (including phenoxy) is 1. The molecule has 1 fully saturated rings. The van der Waals surface area contributed by atoms with Gasteiger partial charge in [0.25, 0.3) is 0 Å². The molecule has 0 heterocycles. The summed E-state index contributed by atoms with van der Waals surface area (Å²) in [5, 5.41) is 0. The predicted octanol–water partition coefficient (Wildman–Crippen LogP) is 3.20. The summed E-state index contributed by atoms with van der Waals surface area (Å²) < 4.78 is 18.7. The Labute approximate surface area is 102 Å². The van der Waals surface area contributed by atoms with Crippen molar-refractivity contribution in [1.82, 2.24) is 0 Å². The van der Waals surface area contributed by atoms with E-state index in [1.54, 1.807) is 13.2 Å². The van der Waals surface area contributed by atoms with Crippen molar-refractivity contribution in [3.05, 3.63) is 29.6 Å². The van der Waals surface area contributed by atoms with Crippen LogP contribution in [0.2, 0.25) is 0 Å². The standard InChI is InChI=1S/C14H20FNO/c1-10-5-7-14(16,8-6-10)12-9-11(15)3-4-13(12)17-2/h3-4,9-10H,5-8,16H2,1-2H3. The van der Waals surface area contributed by atoms with Crippen LogP contribution in [0.25, 0.3) is 0 Å². The molecule has 0 amide bonds. The van der Waals surface area contributed by atoms with Crippen molar-refractivity contribution in [1.29, 1.82) is 0 Å². The second-order valence-corrected chi connectivity index (χ2v) is 5.18. The molecule has 1 saturated carbocycles. The van der Waals surface area contributed by atoms with Crippen LogP contribution in [0.3, 0.4) is 0 Å². The Balaban J connectivity index is 2.34. The van der Waals surface area contributed by atoms with E-state index < -0.39 is 5.54 Å². The molecule has 3 heteroatoms. The van der Waals surface area contributed by atoms with Crippen LogP contribution in [0.4, 0.5) is 4.39 Å². The molecule has 2 nitrogen and oxygen atoms in total. The van der Waals surface area contributed by atoms with Crippen LogP contribution in [0.15, 0.2) is 18.2 Å². The van der Waals surface area contributed by atoms with Gasteiger partial charge in [-0.2, -0.15) is 0 Å². The maximum Gasteiger partial charge on any atom is 0.124 e. The van der Waals surface area contributed by atoms with E-state index in [0.29, 0.717) is 11.7 Å². The minimum Gasteiger partial charge on any atom is -0.496 e. The molecule has 1 aromatic carbocycles. The summed E-state index contributed by atoms with van der Waals surface area (Å²) in [7, 11) is 1.60. The molecule has 0 aliphatic heterocycles. The molecule has 0 saturated heterocycles. The first kappa shape index (κ1) is 12.4. The van der Waals surface area contributed by atoms with Gasteiger partial charge < -0.3 is 10.5 Å². The van der Waals surface area contributed by atoms with Crippen LogP contribution < -0.4 is 10.5 Å². The van der Waals surface area contributed by atoms with E-state index >= 15 is 0 Å². The number of halogens is 1. The molecule has 94 valence electrons. The lowest BCUT2D eigenvalue weighted by atomic mass is 9.73. The quantitative estimate of drug-likeness (QED) is 0.857. The van der Waals surface area contributed by atoms with E-state index in [1.807, 2.05) is 0 Å². The van der Waals surface area contributed by atoms with Gasteiger partial charge in [-0.15, -0.1) is 0 Å². The number of benzene rings is 1. The third kappa shape index (κ3) is 2.44. The Morgan fingerprint density at radius 3 is 2.59 bits per heavy atom. The van der Waals surface area contributed by atoms with Gasteiger partial charge in [-0.05, 0) is 49.8 Å². The van der Waals surface area contributed by atoms with Gasteiger partial charge in [0.15, 0.2) is 0 Å². The fourth-order valence-electron chi connectivity index (χ4n) is 2.62. The van der Waals surface area contributed by atoms with Crippen LogP contribution in [-0.4, -0.2) is 7.11 Å². The average molecular weight is 237 g/mol. The van der Waals surface area contributed by atoms with Crippen molar-refractivity contribution in [2.45, 2.75) is 38.1 Å². The van der Waals surface area contributed by atoms with Gasteiger partial charge in [0.1, 0.15) is 11.6 Å². The minimum atomic E-state index is -0.431. The molecule has 0 radical (unpaired) electrons. The third-order valence-corrected chi connectivity index (χ3v) is 3.86. The number of hydrogen-bond acceptors (Lipinski definition) is 2. The van der Waals surface area contributed by atoms with Crippen LogP contribution in [-0.2, 0) is 5.54 Å². The van der Waals surface area contributed by atoms with Gasteiger partial charge in [-0.25, -0.2) is 4.39 Å². The number of hydrogen-bond donors (Lipinski definition) is 1. The summed E-state index contributed by atoms with van der Waals surface area (Å²) in [5.74, 6) is 1.17. The molecule has 1 aromatic rings. The van der Waals surface area contributed by atoms with E-state index in [1.165, 1.54) is 12.1 Å². The smallest absolute Gasteiger partial charge is 0.124 e. The van der Waals surface area contributed by atoms with Crippen LogP contribution >= 0.6 is 0 Å². The Kier molecular flexibility index (Phi) is 3.38. The van der Waals surface area contributed by atoms with Crippen molar-refractivity contribution >= 4 is 0 Å². The molecule has 1 aliphatic carbocycles. The first-order valence-corrected chi connectivity index (χ1v) is 6.18. The Hall–Kier alpha value is -1.09. The summed E-state index contributed by atoms with van der Waals surface area (Å²) in [6.45, 7) is 2.24. The normalized spacial score (nSPS) is 29.1. The fraction of sp³-hybridized carbons (Fsp3) is 0.571. The van der Waals surface area contributed by atoms with E-state index in [0.717, 1.165) is 31.2 Å². The number of nitrogens with two attached hydrogens (primary N) is 1. The fourth-order valence-corrected chi connectivity index (χ4v) is 2.62. The lowest BCUT2D eigenvalue weighted by Crippen LogP contribution is -2.40. The molecule has 0 unspecified atom stereocenters. The third-order valence-electron chi connectivity index (χ3n) is 3.86. The zero-order valence-corrected chi connectivity index (χ0v) is 10.5. The van der Waals surface area contributed by atoms with Gasteiger partial charge in [0.05, 0.1) is 7.11 Å². The highest BCUT2D eigenvalue weighted by Crippen LogP contribution is 2.41. The van der Waals surface area contributed by atoms with E-state index in [2.05, 4.69) is 6.92 Å². The lowest BCUT2D eigenvalue weighted by Gasteiger charge is -2.37. The van der Waals surface area contributed by atoms with E-state index in [9.17, 15) is 4.39 Å². The predicted molar refractivity (Wildman–Crippen MR) is 66.4 cm³/mol. The van der Waals surface area contributed by atoms with E-state index in [4.69, 9.17) is 10.5 Å². The zero-order valence-electron chi connectivity index (χ0n) is 10.5. The van der Waals surface area contributed by atoms with E-state index in [-0.39, 0.29) is 5.82 Å². The van der Waals surface area contributed by atoms with Crippen LogP contribution in [0.1, 0.15) is 38.2 Å². The summed E-state index contributed by atoms with van der Waals surface area (Å²) in [6.07, 6.45) is 3.98. The first-order chi connectivity index (χ1) is 8.05. The molecule has 0 spiro atoms. The van der Waals surface area contributed by atoms with Gasteiger partial charge in [0.2, 0.25) is 0 Å². The van der Waals surface area contributed by atoms with Gasteiger partial charge >= 0.3 is 0 Å². The number of methoxy groups -OCH3 is 1. The lowest BCUT2D eigenvalue weighted by molar-refractivity contribution is 0.240. The second-order valence-electron chi connectivity index (χ2n) is 5.18. The van der Waals surface area contributed by atoms with Crippen LogP contribution in [0.5, 0.6) is 5.75 Å². The van der Waals surface area contributed by atoms with Crippen LogP contribution in [0, 0.1) is 11.7 Å². The topological polar surface area (TPSA) is 35.2 Å². The molecule has 0 bridgehead atoms. The average Bonchev–Trinajstić information content (AvgIpc) is 2.33. The van der Waals surface area contributed by atoms with Gasteiger partial charge in [-0.1, -0.05) is 6.92 Å². The Morgan fingerprint density at radius 2 is 2.00 bits per heavy atom. The summed E-state index contributed by atoms with van der Waals surface area (Å²) >= 11 is 0. The Bertz CT molecular complexity index is 397. The molecular weight excluding hydrogens is 217 g/mol. The SMILES string of the molecule is COc1ccc(F)cc1C1(N)CCC(C)CC1. The minimum absolute atomic E-state index is 0.246. The maximum atomic E-state index is 13.4. The largest absolute Gasteiger partial charge is 0.496 e. The van der Waals surface area contributed by atoms with Crippen molar-refractivity contribution in [3.8, 4) is 5.75 Å². The highest BCUT2D eigenvalue weighted by atomic mass is 19.1. The molecule has 0 atom stereocenters. The molecule has 2 N–H and O–H groups in total. The Morgan fingerprint density at radius 1 is 1.35 bits per heavy atom. The summed E-state index contributed by atoms with van der Waals surface area (Å²) in [4.78, 5) is 0. The molecule has 0 aromatic heterocycles. The van der Waals surface area contributed by atoms with Crippen molar-refractivity contribution in [2.24, 2.45) is 11.7 Å². The van der Waals surface area contributed by atoms with Gasteiger partial charge in [-0.3, -0.25) is 0 Å². The number of rotatable bonds is 2. The highest BCUT2D eigenvalue weighted by molar-refractivity contribution is 5.39. The first-order valence-electron chi connectivity index (χ1n) is 6.18. The summed E-state index contributed by atoms with van der Waals surface area (Å²) in [6, 6.07) is 4.60. The highest BCUT2D eigenvalue weighted by Gasteiger charge is 2.34. The summed E-state index contributed by atoms with van der Waals surface area (Å²) in [5.41, 5.74) is 6.82. The molecule has 1 aliphatic rings. The molecule has 2 rings (SSSR count). The molecule has 17 heavy (non-hydrogen) atoms. The monoisotopic (exact) mass is 237 g/mol. The molecular formula is C14H20FNO. The zero-order chi connectivity index (χ0) is 12.5. The van der Waals surface area contributed by atoms with Crippen molar-refractivity contribution in [2.75, 3.05) is 7.11 Å². The van der Waals surface area contributed by atoms with Gasteiger partial charge in [0, 0.05) is 11.1 Å². The second kappa shape index (κ2) is 4.65. The van der Waals surface area contributed by atoms with Crippen molar-refractivity contribution < 1.29 is 9.13 Å². The van der Waals surface area contributed by atoms with Crippen molar-refractivity contribution in [3.63, 3.8) is 0 Å². The maximum absolute atomic E-state index is 13.4.